The van der Waals surface area contributed by atoms with Crippen LogP contribution in [-0.4, -0.2) is 129 Å². The topological polar surface area (TPSA) is 37.3 Å². The van der Waals surface area contributed by atoms with Crippen LogP contribution in [0.4, 0.5) is 0 Å². The molecular weight excluding hydrogens is 208 g/mol. The molecule has 0 fully saturated rings. The standard InChI is InChI=1S/C7H6O2.4Na.4H/c8-7(9)6-4-2-1-3-5-6;;;;;;;;/h1-5H,(H,8,9);;;;;;;;. The fourth-order valence-corrected chi connectivity index (χ4v) is 0.581. The van der Waals surface area contributed by atoms with Gasteiger partial charge in [-0.1, -0.05) is 18.2 Å². The molecule has 54 valence electrons. The van der Waals surface area contributed by atoms with Crippen LogP contribution in [-0.2, 0) is 0 Å². The molecule has 0 saturated heterocycles. The van der Waals surface area contributed by atoms with Gasteiger partial charge in [0.1, 0.15) is 0 Å². The van der Waals surface area contributed by atoms with Crippen molar-refractivity contribution in [3.05, 3.63) is 35.9 Å². The number of carbonyl (C=O) groups is 1. The minimum atomic E-state index is -0.879. The van der Waals surface area contributed by atoms with Gasteiger partial charge in [-0.2, -0.15) is 0 Å². The number of carboxylic acid groups (broad SMARTS) is 1. The summed E-state index contributed by atoms with van der Waals surface area (Å²) >= 11 is 0. The summed E-state index contributed by atoms with van der Waals surface area (Å²) in [6.45, 7) is 0. The Kier molecular flexibility index (Phi) is 28.0. The van der Waals surface area contributed by atoms with Gasteiger partial charge in [0.15, 0.2) is 0 Å². The van der Waals surface area contributed by atoms with Gasteiger partial charge in [0.05, 0.1) is 5.56 Å². The Morgan fingerprint density at radius 1 is 0.923 bits per heavy atom. The van der Waals surface area contributed by atoms with E-state index in [4.69, 9.17) is 5.11 Å². The van der Waals surface area contributed by atoms with Crippen LogP contribution >= 0.6 is 0 Å². The third-order valence-electron chi connectivity index (χ3n) is 1.02. The molecular formula is C7H10Na4O2. The fourth-order valence-electron chi connectivity index (χ4n) is 0.581. The molecule has 0 amide bonds. The van der Waals surface area contributed by atoms with E-state index in [-0.39, 0.29) is 118 Å². The molecule has 0 aliphatic heterocycles. The van der Waals surface area contributed by atoms with Crippen molar-refractivity contribution in [3.8, 4) is 0 Å². The molecule has 0 radical (unpaired) electrons. The number of hydrogen-bond acceptors (Lipinski definition) is 1. The first-order valence-corrected chi connectivity index (χ1v) is 2.59. The molecule has 0 aromatic heterocycles. The Morgan fingerprint density at radius 2 is 1.31 bits per heavy atom. The maximum absolute atomic E-state index is 10.2. The molecule has 6 heteroatoms. The average molecular weight is 218 g/mol. The van der Waals surface area contributed by atoms with Gasteiger partial charge in [0.25, 0.3) is 0 Å². The summed E-state index contributed by atoms with van der Waals surface area (Å²) in [6.07, 6.45) is 0. The molecule has 1 aromatic carbocycles. The third-order valence-corrected chi connectivity index (χ3v) is 1.02. The van der Waals surface area contributed by atoms with E-state index in [1.165, 1.54) is 0 Å². The van der Waals surface area contributed by atoms with Crippen LogP contribution in [0.15, 0.2) is 30.3 Å². The van der Waals surface area contributed by atoms with Crippen LogP contribution in [0.3, 0.4) is 0 Å². The zero-order valence-electron chi connectivity index (χ0n) is 4.74. The van der Waals surface area contributed by atoms with Crippen LogP contribution in [0.2, 0.25) is 0 Å². The molecule has 13 heavy (non-hydrogen) atoms. The van der Waals surface area contributed by atoms with E-state index in [1.54, 1.807) is 30.3 Å². The molecule has 0 unspecified atom stereocenters. The summed E-state index contributed by atoms with van der Waals surface area (Å²) < 4.78 is 0. The zero-order valence-corrected chi connectivity index (χ0v) is 4.74. The van der Waals surface area contributed by atoms with Crippen LogP contribution < -0.4 is 0 Å². The average Bonchev–Trinajstić information content (AvgIpc) is 1.90. The summed E-state index contributed by atoms with van der Waals surface area (Å²) in [5, 5.41) is 8.38. The molecule has 1 rings (SSSR count). The Hall–Kier alpha value is 2.69. The second kappa shape index (κ2) is 14.7. The van der Waals surface area contributed by atoms with Crippen molar-refractivity contribution in [2.75, 3.05) is 0 Å². The van der Waals surface area contributed by atoms with Gasteiger partial charge in [-0.25, -0.2) is 4.79 Å². The van der Waals surface area contributed by atoms with Crippen molar-refractivity contribution in [1.29, 1.82) is 0 Å². The summed E-state index contributed by atoms with van der Waals surface area (Å²) in [5.74, 6) is -0.879. The van der Waals surface area contributed by atoms with Crippen molar-refractivity contribution in [2.45, 2.75) is 0 Å². The molecule has 0 heterocycles. The quantitative estimate of drug-likeness (QED) is 0.600. The van der Waals surface area contributed by atoms with Gasteiger partial charge in [0.2, 0.25) is 0 Å². The van der Waals surface area contributed by atoms with Crippen molar-refractivity contribution in [2.24, 2.45) is 0 Å². The van der Waals surface area contributed by atoms with E-state index in [0.29, 0.717) is 5.56 Å². The SMILES string of the molecule is O=C(O)c1ccccc1.[NaH].[NaH].[NaH].[NaH]. The summed E-state index contributed by atoms with van der Waals surface area (Å²) in [6, 6.07) is 8.30. The van der Waals surface area contributed by atoms with Crippen molar-refractivity contribution >= 4 is 124 Å². The third kappa shape index (κ3) is 11.0. The van der Waals surface area contributed by atoms with E-state index < -0.39 is 5.97 Å². The molecule has 0 atom stereocenters. The number of rotatable bonds is 1. The predicted octanol–water partition coefficient (Wildman–Crippen LogP) is -1.21. The minimum absolute atomic E-state index is 0. The van der Waals surface area contributed by atoms with Crippen LogP contribution in [0.5, 0.6) is 0 Å². The van der Waals surface area contributed by atoms with E-state index in [9.17, 15) is 4.79 Å². The zero-order chi connectivity index (χ0) is 6.69. The Labute approximate surface area is 166 Å². The van der Waals surface area contributed by atoms with Gasteiger partial charge >= 0.3 is 124 Å². The summed E-state index contributed by atoms with van der Waals surface area (Å²) in [4.78, 5) is 10.2. The molecule has 0 aliphatic rings. The predicted molar refractivity (Wildman–Crippen MR) is 62.0 cm³/mol. The Morgan fingerprint density at radius 3 is 1.54 bits per heavy atom. The second-order valence-electron chi connectivity index (χ2n) is 1.67. The van der Waals surface area contributed by atoms with Crippen LogP contribution in [0, 0.1) is 0 Å². The normalized spacial score (nSPS) is 6.15. The van der Waals surface area contributed by atoms with E-state index in [0.717, 1.165) is 0 Å². The van der Waals surface area contributed by atoms with Crippen molar-refractivity contribution < 1.29 is 9.90 Å². The number of hydrogen-bond donors (Lipinski definition) is 1. The monoisotopic (exact) mass is 218 g/mol. The molecule has 2 nitrogen and oxygen atoms in total. The molecule has 1 N–H and O–H groups in total. The first-order chi connectivity index (χ1) is 4.30. The summed E-state index contributed by atoms with van der Waals surface area (Å²) in [5.41, 5.74) is 0.331. The maximum atomic E-state index is 10.2. The number of aromatic carboxylic acids is 1. The van der Waals surface area contributed by atoms with E-state index >= 15 is 0 Å². The first-order valence-electron chi connectivity index (χ1n) is 2.59. The van der Waals surface area contributed by atoms with E-state index in [2.05, 4.69) is 0 Å². The van der Waals surface area contributed by atoms with Gasteiger partial charge < -0.3 is 5.11 Å². The number of benzene rings is 1. The van der Waals surface area contributed by atoms with Crippen molar-refractivity contribution in [1.82, 2.24) is 0 Å². The molecule has 0 spiro atoms. The van der Waals surface area contributed by atoms with Gasteiger partial charge in [-0.15, -0.1) is 0 Å². The van der Waals surface area contributed by atoms with Crippen LogP contribution in [0.25, 0.3) is 0 Å². The second-order valence-corrected chi connectivity index (χ2v) is 1.67. The van der Waals surface area contributed by atoms with Crippen LogP contribution in [0.1, 0.15) is 10.4 Å². The molecule has 0 saturated carbocycles. The first kappa shape index (κ1) is 24.8. The Bertz CT molecular complexity index is 215. The van der Waals surface area contributed by atoms with E-state index in [1.807, 2.05) is 0 Å². The van der Waals surface area contributed by atoms with Gasteiger partial charge in [-0.3, -0.25) is 0 Å². The molecule has 1 aromatic rings. The summed E-state index contributed by atoms with van der Waals surface area (Å²) in [7, 11) is 0. The van der Waals surface area contributed by atoms with Gasteiger partial charge in [0, 0.05) is 0 Å². The van der Waals surface area contributed by atoms with Gasteiger partial charge in [-0.05, 0) is 12.1 Å². The molecule has 0 bridgehead atoms. The van der Waals surface area contributed by atoms with Crippen molar-refractivity contribution in [3.63, 3.8) is 0 Å². The Balaban J connectivity index is -0.000000101. The fraction of sp³-hybridized carbons (Fsp3) is 0. The number of carboxylic acids is 1. The molecule has 0 aliphatic carbocycles.